The summed E-state index contributed by atoms with van der Waals surface area (Å²) in [7, 11) is 1.56. The number of amides is 1. The first-order valence-corrected chi connectivity index (χ1v) is 8.27. The zero-order valence-electron chi connectivity index (χ0n) is 14.2. The van der Waals surface area contributed by atoms with Crippen molar-refractivity contribution in [2.75, 3.05) is 18.7 Å². The summed E-state index contributed by atoms with van der Waals surface area (Å²) >= 11 is 0. The van der Waals surface area contributed by atoms with E-state index in [-0.39, 0.29) is 5.91 Å². The number of aryl methyl sites for hydroxylation is 1. The third-order valence-electron chi connectivity index (χ3n) is 4.48. The summed E-state index contributed by atoms with van der Waals surface area (Å²) < 4.78 is 5.28. The maximum atomic E-state index is 12.6. The predicted octanol–water partition coefficient (Wildman–Crippen LogP) is 3.26. The van der Waals surface area contributed by atoms with E-state index in [1.807, 2.05) is 17.1 Å². The van der Waals surface area contributed by atoms with Crippen molar-refractivity contribution in [2.45, 2.75) is 13.3 Å². The minimum absolute atomic E-state index is 0.198. The molecular weight excluding hydrogens is 314 g/mol. The number of hydrogen-bond donors (Lipinski definition) is 1. The van der Waals surface area contributed by atoms with Gasteiger partial charge in [0.15, 0.2) is 5.82 Å². The largest absolute Gasteiger partial charge is 0.496 e. The average molecular weight is 333 g/mol. The summed E-state index contributed by atoms with van der Waals surface area (Å²) in [6, 6.07) is 15.6. The average Bonchev–Trinajstić information content (AvgIpc) is 3.01. The first kappa shape index (κ1) is 15.4. The Morgan fingerprint density at radius 1 is 1.20 bits per heavy atom. The summed E-state index contributed by atoms with van der Waals surface area (Å²) in [6.07, 6.45) is 0.859. The highest BCUT2D eigenvalue weighted by molar-refractivity contribution is 5.98. The molecule has 25 heavy (non-hydrogen) atoms. The van der Waals surface area contributed by atoms with Crippen LogP contribution in [0.15, 0.2) is 48.5 Å². The second kappa shape index (κ2) is 6.09. The monoisotopic (exact) mass is 333 g/mol. The van der Waals surface area contributed by atoms with Gasteiger partial charge in [0.1, 0.15) is 5.75 Å². The number of ether oxygens (including phenoxy) is 1. The molecule has 0 aliphatic carbocycles. The lowest BCUT2D eigenvalue weighted by Gasteiger charge is -2.20. The summed E-state index contributed by atoms with van der Waals surface area (Å²) in [5.41, 5.74) is 6.73. The molecule has 1 aromatic heterocycles. The highest BCUT2D eigenvalue weighted by Crippen LogP contribution is 2.29. The minimum atomic E-state index is -0.198. The van der Waals surface area contributed by atoms with Crippen LogP contribution in [-0.4, -0.2) is 24.5 Å². The number of pyridine rings is 1. The highest BCUT2D eigenvalue weighted by Gasteiger charge is 2.24. The number of hydrogen-bond acceptors (Lipinski definition) is 4. The van der Waals surface area contributed by atoms with E-state index in [1.165, 1.54) is 5.56 Å². The maximum Gasteiger partial charge on any atom is 0.273 e. The fourth-order valence-corrected chi connectivity index (χ4v) is 3.19. The van der Waals surface area contributed by atoms with E-state index >= 15 is 0 Å². The Morgan fingerprint density at radius 2 is 2.04 bits per heavy atom. The Bertz CT molecular complexity index is 968. The molecule has 0 saturated carbocycles. The second-order valence-corrected chi connectivity index (χ2v) is 6.21. The molecular formula is C20H19N3O2. The van der Waals surface area contributed by atoms with Crippen LogP contribution in [0.4, 0.5) is 5.82 Å². The fraction of sp³-hybridized carbons (Fsp3) is 0.200. The smallest absolute Gasteiger partial charge is 0.273 e. The summed E-state index contributed by atoms with van der Waals surface area (Å²) in [5.74, 6) is 1.18. The Hall–Kier alpha value is -3.08. The summed E-state index contributed by atoms with van der Waals surface area (Å²) in [5, 5.41) is 2.95. The Balaban J connectivity index is 1.65. The van der Waals surface area contributed by atoms with E-state index in [4.69, 9.17) is 9.72 Å². The summed E-state index contributed by atoms with van der Waals surface area (Å²) in [4.78, 5) is 17.4. The van der Waals surface area contributed by atoms with Crippen LogP contribution >= 0.6 is 0 Å². The molecule has 5 heteroatoms. The number of carbonyl (C=O) groups excluding carboxylic acids is 1. The van der Waals surface area contributed by atoms with Gasteiger partial charge in [0.25, 0.3) is 5.91 Å². The number of methoxy groups -OCH3 is 1. The van der Waals surface area contributed by atoms with Crippen LogP contribution in [0.25, 0.3) is 10.9 Å². The lowest BCUT2D eigenvalue weighted by molar-refractivity contribution is 0.0946. The van der Waals surface area contributed by atoms with E-state index in [0.29, 0.717) is 17.9 Å². The molecule has 2 aromatic carbocycles. The third kappa shape index (κ3) is 2.78. The van der Waals surface area contributed by atoms with Crippen LogP contribution in [0.1, 0.15) is 21.5 Å². The van der Waals surface area contributed by atoms with Gasteiger partial charge in [-0.1, -0.05) is 24.3 Å². The molecule has 0 saturated heterocycles. The SMILES string of the molecule is COc1ccccc1C(=O)NN1CCc2cc3ccc(C)cc3nc21. The van der Waals surface area contributed by atoms with Crippen molar-refractivity contribution in [2.24, 2.45) is 0 Å². The van der Waals surface area contributed by atoms with E-state index in [1.54, 1.807) is 19.2 Å². The first-order valence-electron chi connectivity index (χ1n) is 8.27. The number of aromatic nitrogens is 1. The number of fused-ring (bicyclic) bond motifs is 2. The molecule has 1 aliphatic heterocycles. The maximum absolute atomic E-state index is 12.6. The molecule has 2 heterocycles. The fourth-order valence-electron chi connectivity index (χ4n) is 3.19. The molecule has 3 aromatic rings. The number of nitrogens with zero attached hydrogens (tertiary/aromatic N) is 2. The Kier molecular flexibility index (Phi) is 3.76. The van der Waals surface area contributed by atoms with Crippen LogP contribution in [0.2, 0.25) is 0 Å². The molecule has 4 rings (SSSR count). The van der Waals surface area contributed by atoms with Gasteiger partial charge in [-0.25, -0.2) is 4.98 Å². The standard InChI is InChI=1S/C20H19N3O2/c1-13-7-8-14-12-15-9-10-23(19(15)21-17(14)11-13)22-20(24)16-5-3-4-6-18(16)25-2/h3-8,11-12H,9-10H2,1-2H3,(H,22,24). The number of para-hydroxylation sites is 1. The van der Waals surface area contributed by atoms with Gasteiger partial charge < -0.3 is 4.74 Å². The molecule has 126 valence electrons. The number of carbonyl (C=O) groups is 1. The molecule has 1 aliphatic rings. The molecule has 1 amide bonds. The molecule has 0 atom stereocenters. The topological polar surface area (TPSA) is 54.5 Å². The van der Waals surface area contributed by atoms with Crippen molar-refractivity contribution in [1.29, 1.82) is 0 Å². The molecule has 0 spiro atoms. The molecule has 0 bridgehead atoms. The van der Waals surface area contributed by atoms with Gasteiger partial charge in [0, 0.05) is 11.9 Å². The van der Waals surface area contributed by atoms with Gasteiger partial charge in [-0.15, -0.1) is 0 Å². The van der Waals surface area contributed by atoms with Crippen molar-refractivity contribution in [3.05, 3.63) is 65.2 Å². The molecule has 0 radical (unpaired) electrons. The number of benzene rings is 2. The highest BCUT2D eigenvalue weighted by atomic mass is 16.5. The summed E-state index contributed by atoms with van der Waals surface area (Å²) in [6.45, 7) is 2.76. The second-order valence-electron chi connectivity index (χ2n) is 6.21. The zero-order valence-corrected chi connectivity index (χ0v) is 14.2. The normalized spacial score (nSPS) is 13.0. The number of nitrogens with one attached hydrogen (secondary N) is 1. The predicted molar refractivity (Wildman–Crippen MR) is 98.0 cm³/mol. The van der Waals surface area contributed by atoms with Gasteiger partial charge in [-0.2, -0.15) is 0 Å². The van der Waals surface area contributed by atoms with Crippen molar-refractivity contribution < 1.29 is 9.53 Å². The van der Waals surface area contributed by atoms with Gasteiger partial charge in [0.2, 0.25) is 0 Å². The van der Waals surface area contributed by atoms with E-state index in [2.05, 4.69) is 36.6 Å². The van der Waals surface area contributed by atoms with Crippen LogP contribution in [0, 0.1) is 6.92 Å². The Labute approximate surface area is 146 Å². The van der Waals surface area contributed by atoms with Crippen molar-refractivity contribution in [1.82, 2.24) is 10.4 Å². The minimum Gasteiger partial charge on any atom is -0.496 e. The van der Waals surface area contributed by atoms with Gasteiger partial charge in [0.05, 0.1) is 18.2 Å². The van der Waals surface area contributed by atoms with Crippen LogP contribution in [-0.2, 0) is 6.42 Å². The van der Waals surface area contributed by atoms with Crippen LogP contribution in [0.3, 0.4) is 0 Å². The lowest BCUT2D eigenvalue weighted by atomic mass is 10.1. The molecule has 0 fully saturated rings. The molecule has 1 N–H and O–H groups in total. The van der Waals surface area contributed by atoms with Crippen molar-refractivity contribution in [3.8, 4) is 5.75 Å². The van der Waals surface area contributed by atoms with E-state index in [9.17, 15) is 4.79 Å². The quantitative estimate of drug-likeness (QED) is 0.799. The third-order valence-corrected chi connectivity index (χ3v) is 4.48. The lowest BCUT2D eigenvalue weighted by Crippen LogP contribution is -2.41. The van der Waals surface area contributed by atoms with E-state index in [0.717, 1.165) is 28.7 Å². The molecule has 0 unspecified atom stereocenters. The number of rotatable bonds is 3. The van der Waals surface area contributed by atoms with Gasteiger partial charge >= 0.3 is 0 Å². The van der Waals surface area contributed by atoms with Crippen LogP contribution < -0.4 is 15.2 Å². The Morgan fingerprint density at radius 3 is 2.88 bits per heavy atom. The van der Waals surface area contributed by atoms with Crippen LogP contribution in [0.5, 0.6) is 5.75 Å². The first-order chi connectivity index (χ1) is 12.2. The zero-order chi connectivity index (χ0) is 17.4. The van der Waals surface area contributed by atoms with Crippen molar-refractivity contribution in [3.63, 3.8) is 0 Å². The van der Waals surface area contributed by atoms with Crippen molar-refractivity contribution >= 4 is 22.6 Å². The molecule has 5 nitrogen and oxygen atoms in total. The number of anilines is 1. The van der Waals surface area contributed by atoms with Gasteiger partial charge in [-0.05, 0) is 48.7 Å². The number of hydrazine groups is 1. The van der Waals surface area contributed by atoms with Gasteiger partial charge in [-0.3, -0.25) is 15.2 Å². The van der Waals surface area contributed by atoms with E-state index < -0.39 is 0 Å².